The lowest BCUT2D eigenvalue weighted by molar-refractivity contribution is -0.136. The first-order chi connectivity index (χ1) is 10.1. The summed E-state index contributed by atoms with van der Waals surface area (Å²) in [4.78, 5) is 25.9. The number of rotatable bonds is 4. The molecule has 1 aliphatic heterocycles. The smallest absolute Gasteiger partial charge is 0.317 e. The van der Waals surface area contributed by atoms with E-state index < -0.39 is 5.97 Å². The van der Waals surface area contributed by atoms with Gasteiger partial charge in [0.1, 0.15) is 5.82 Å². The summed E-state index contributed by atoms with van der Waals surface area (Å²) in [5.41, 5.74) is 0.933. The van der Waals surface area contributed by atoms with Crippen LogP contribution in [0, 0.1) is 5.82 Å². The van der Waals surface area contributed by atoms with Crippen LogP contribution in [0.5, 0.6) is 0 Å². The molecule has 0 aromatic heterocycles. The lowest BCUT2D eigenvalue weighted by Crippen LogP contribution is -2.52. The van der Waals surface area contributed by atoms with Gasteiger partial charge in [-0.1, -0.05) is 0 Å². The van der Waals surface area contributed by atoms with Gasteiger partial charge in [0, 0.05) is 38.4 Å². The Bertz CT molecular complexity index is 499. The number of hydrogen-bond acceptors (Lipinski definition) is 3. The van der Waals surface area contributed by atoms with Crippen LogP contribution in [0.2, 0.25) is 0 Å². The topological polar surface area (TPSA) is 72.9 Å². The van der Waals surface area contributed by atoms with Gasteiger partial charge in [0.2, 0.25) is 0 Å². The summed E-state index contributed by atoms with van der Waals surface area (Å²) in [7, 11) is 0. The Morgan fingerprint density at radius 3 is 2.33 bits per heavy atom. The van der Waals surface area contributed by atoms with Gasteiger partial charge in [-0.05, 0) is 24.3 Å². The molecule has 6 nitrogen and oxygen atoms in total. The second kappa shape index (κ2) is 6.92. The Morgan fingerprint density at radius 1 is 1.14 bits per heavy atom. The second-order valence-electron chi connectivity index (χ2n) is 4.83. The number of nitrogens with zero attached hydrogens (tertiary/aromatic N) is 2. The molecule has 0 bridgehead atoms. The maximum Gasteiger partial charge on any atom is 0.317 e. The average molecular weight is 295 g/mol. The minimum atomic E-state index is -0.934. The van der Waals surface area contributed by atoms with Crippen LogP contribution in [0.4, 0.5) is 14.9 Å². The molecule has 0 saturated carbocycles. The number of carbonyl (C=O) groups is 2. The number of carbonyl (C=O) groups excluding carboxylic acids is 1. The number of carboxylic acid groups (broad SMARTS) is 1. The number of urea groups is 1. The van der Waals surface area contributed by atoms with Crippen molar-refractivity contribution in [2.24, 2.45) is 0 Å². The SMILES string of the molecule is O=C(O)CCNC(=O)N1CCN(c2ccc(F)cc2)CC1. The standard InChI is InChI=1S/C14H18FN3O3/c15-11-1-3-12(4-2-11)17-7-9-18(10-8-17)14(21)16-6-5-13(19)20/h1-4H,5-10H2,(H,16,21)(H,19,20). The molecule has 1 aromatic rings. The first-order valence-electron chi connectivity index (χ1n) is 6.81. The van der Waals surface area contributed by atoms with Gasteiger partial charge in [0.25, 0.3) is 0 Å². The second-order valence-corrected chi connectivity index (χ2v) is 4.83. The molecule has 21 heavy (non-hydrogen) atoms. The third-order valence-corrected chi connectivity index (χ3v) is 3.37. The van der Waals surface area contributed by atoms with Crippen molar-refractivity contribution in [2.45, 2.75) is 6.42 Å². The number of amides is 2. The molecular formula is C14H18FN3O3. The lowest BCUT2D eigenvalue weighted by Gasteiger charge is -2.36. The van der Waals surface area contributed by atoms with E-state index >= 15 is 0 Å². The third-order valence-electron chi connectivity index (χ3n) is 3.37. The highest BCUT2D eigenvalue weighted by molar-refractivity contribution is 5.75. The molecule has 0 atom stereocenters. The van der Waals surface area contributed by atoms with Gasteiger partial charge in [-0.15, -0.1) is 0 Å². The number of benzene rings is 1. The summed E-state index contributed by atoms with van der Waals surface area (Å²) >= 11 is 0. The molecule has 0 unspecified atom stereocenters. The van der Waals surface area contributed by atoms with Crippen LogP contribution in [0.25, 0.3) is 0 Å². The molecule has 0 aliphatic carbocycles. The van der Waals surface area contributed by atoms with E-state index in [4.69, 9.17) is 5.11 Å². The molecule has 7 heteroatoms. The van der Waals surface area contributed by atoms with E-state index in [1.165, 1.54) is 12.1 Å². The van der Waals surface area contributed by atoms with Gasteiger partial charge < -0.3 is 20.2 Å². The summed E-state index contributed by atoms with van der Waals surface area (Å²) in [6.07, 6.45) is -0.0821. The molecular weight excluding hydrogens is 277 g/mol. The van der Waals surface area contributed by atoms with E-state index in [0.29, 0.717) is 26.2 Å². The average Bonchev–Trinajstić information content (AvgIpc) is 2.48. The molecule has 1 heterocycles. The predicted molar refractivity (Wildman–Crippen MR) is 75.8 cm³/mol. The summed E-state index contributed by atoms with van der Waals surface area (Å²) in [6.45, 7) is 2.56. The third kappa shape index (κ3) is 4.34. The molecule has 114 valence electrons. The zero-order valence-corrected chi connectivity index (χ0v) is 11.6. The summed E-state index contributed by atoms with van der Waals surface area (Å²) in [6, 6.07) is 6.03. The van der Waals surface area contributed by atoms with Crippen LogP contribution in [-0.4, -0.2) is 54.7 Å². The fourth-order valence-corrected chi connectivity index (χ4v) is 2.21. The summed E-state index contributed by atoms with van der Waals surface area (Å²) in [5, 5.41) is 11.1. The number of anilines is 1. The van der Waals surface area contributed by atoms with Crippen LogP contribution in [0.15, 0.2) is 24.3 Å². The van der Waals surface area contributed by atoms with Crippen molar-refractivity contribution < 1.29 is 19.1 Å². The number of carboxylic acids is 1. The molecule has 2 amide bonds. The highest BCUT2D eigenvalue weighted by Gasteiger charge is 2.21. The van der Waals surface area contributed by atoms with Gasteiger partial charge in [-0.25, -0.2) is 9.18 Å². The van der Waals surface area contributed by atoms with E-state index in [-0.39, 0.29) is 24.8 Å². The van der Waals surface area contributed by atoms with E-state index in [1.807, 2.05) is 0 Å². The van der Waals surface area contributed by atoms with Crippen molar-refractivity contribution in [2.75, 3.05) is 37.6 Å². The minimum Gasteiger partial charge on any atom is -0.481 e. The number of aliphatic carboxylic acids is 1. The molecule has 2 rings (SSSR count). The largest absolute Gasteiger partial charge is 0.481 e. The first kappa shape index (κ1) is 15.1. The lowest BCUT2D eigenvalue weighted by atomic mass is 10.2. The molecule has 1 saturated heterocycles. The van der Waals surface area contributed by atoms with Crippen LogP contribution in [0.1, 0.15) is 6.42 Å². The number of hydrogen-bond donors (Lipinski definition) is 2. The van der Waals surface area contributed by atoms with Gasteiger partial charge in [-0.3, -0.25) is 4.79 Å². The zero-order chi connectivity index (χ0) is 15.2. The van der Waals surface area contributed by atoms with Crippen molar-refractivity contribution in [3.05, 3.63) is 30.1 Å². The maximum atomic E-state index is 12.9. The van der Waals surface area contributed by atoms with Gasteiger partial charge in [0.15, 0.2) is 0 Å². The Labute approximate surface area is 122 Å². The van der Waals surface area contributed by atoms with Crippen molar-refractivity contribution in [1.29, 1.82) is 0 Å². The monoisotopic (exact) mass is 295 g/mol. The number of nitrogens with one attached hydrogen (secondary N) is 1. The Balaban J connectivity index is 1.78. The van der Waals surface area contributed by atoms with Crippen LogP contribution < -0.4 is 10.2 Å². The highest BCUT2D eigenvalue weighted by atomic mass is 19.1. The van der Waals surface area contributed by atoms with E-state index in [0.717, 1.165) is 5.69 Å². The predicted octanol–water partition coefficient (Wildman–Crippen LogP) is 1.13. The summed E-state index contributed by atoms with van der Waals surface area (Å²) in [5.74, 6) is -1.20. The van der Waals surface area contributed by atoms with Crippen molar-refractivity contribution >= 4 is 17.7 Å². The molecule has 0 radical (unpaired) electrons. The fraction of sp³-hybridized carbons (Fsp3) is 0.429. The van der Waals surface area contributed by atoms with Crippen molar-refractivity contribution in [3.8, 4) is 0 Å². The molecule has 0 spiro atoms. The molecule has 1 aliphatic rings. The van der Waals surface area contributed by atoms with Gasteiger partial charge in [-0.2, -0.15) is 0 Å². The molecule has 1 fully saturated rings. The van der Waals surface area contributed by atoms with Crippen LogP contribution in [-0.2, 0) is 4.79 Å². The Hall–Kier alpha value is -2.31. The van der Waals surface area contributed by atoms with E-state index in [1.54, 1.807) is 17.0 Å². The molecule has 1 aromatic carbocycles. The zero-order valence-electron chi connectivity index (χ0n) is 11.6. The van der Waals surface area contributed by atoms with Crippen LogP contribution in [0.3, 0.4) is 0 Å². The first-order valence-corrected chi connectivity index (χ1v) is 6.81. The summed E-state index contributed by atoms with van der Waals surface area (Å²) < 4.78 is 12.9. The van der Waals surface area contributed by atoms with E-state index in [9.17, 15) is 14.0 Å². The Morgan fingerprint density at radius 2 is 1.76 bits per heavy atom. The van der Waals surface area contributed by atoms with E-state index in [2.05, 4.69) is 10.2 Å². The quantitative estimate of drug-likeness (QED) is 0.873. The van der Waals surface area contributed by atoms with Crippen LogP contribution >= 0.6 is 0 Å². The number of halogens is 1. The van der Waals surface area contributed by atoms with Crippen molar-refractivity contribution in [3.63, 3.8) is 0 Å². The van der Waals surface area contributed by atoms with Crippen molar-refractivity contribution in [1.82, 2.24) is 10.2 Å². The van der Waals surface area contributed by atoms with Gasteiger partial charge in [0.05, 0.1) is 6.42 Å². The fourth-order valence-electron chi connectivity index (χ4n) is 2.21. The number of piperazine rings is 1. The highest BCUT2D eigenvalue weighted by Crippen LogP contribution is 2.16. The Kier molecular flexibility index (Phi) is 4.97. The minimum absolute atomic E-state index is 0.0821. The van der Waals surface area contributed by atoms with Gasteiger partial charge >= 0.3 is 12.0 Å². The molecule has 2 N–H and O–H groups in total. The maximum absolute atomic E-state index is 12.9. The normalized spacial score (nSPS) is 14.9.